The van der Waals surface area contributed by atoms with Gasteiger partial charge in [-0.3, -0.25) is 4.79 Å². The van der Waals surface area contributed by atoms with Crippen LogP contribution in [-0.4, -0.2) is 36.0 Å². The number of hydrogen-bond acceptors (Lipinski definition) is 4. The molecule has 0 aliphatic heterocycles. The lowest BCUT2D eigenvalue weighted by molar-refractivity contribution is -0.143. The van der Waals surface area contributed by atoms with Gasteiger partial charge in [0, 0.05) is 19.6 Å². The minimum atomic E-state index is -0.0214. The molecule has 0 atom stereocenters. The van der Waals surface area contributed by atoms with Crippen molar-refractivity contribution >= 4 is 5.97 Å². The smallest absolute Gasteiger partial charge is 0.305 e. The van der Waals surface area contributed by atoms with Crippen molar-refractivity contribution in [1.82, 2.24) is 0 Å². The van der Waals surface area contributed by atoms with Gasteiger partial charge in [-0.05, 0) is 25.7 Å². The topological polar surface area (TPSA) is 66.8 Å². The normalized spacial score (nSPS) is 11.1. The van der Waals surface area contributed by atoms with Crippen LogP contribution in [0.2, 0.25) is 0 Å². The van der Waals surface area contributed by atoms with Crippen LogP contribution in [0.4, 0.5) is 0 Å². The predicted molar refractivity (Wildman–Crippen MR) is 122 cm³/mol. The van der Waals surface area contributed by atoms with Gasteiger partial charge >= 0.3 is 5.97 Å². The molecule has 0 saturated heterocycles. The Labute approximate surface area is 180 Å². The molecular weight excluding hydrogens is 364 g/mol. The lowest BCUT2D eigenvalue weighted by Gasteiger charge is -2.05. The van der Waals surface area contributed by atoms with Crippen molar-refractivity contribution in [1.29, 1.82) is 0 Å². The summed E-state index contributed by atoms with van der Waals surface area (Å²) in [6.07, 6.45) is 24.5. The molecule has 0 aromatic rings. The van der Waals surface area contributed by atoms with Crippen molar-refractivity contribution in [2.24, 2.45) is 0 Å². The van der Waals surface area contributed by atoms with E-state index in [0.717, 1.165) is 44.9 Å². The van der Waals surface area contributed by atoms with E-state index >= 15 is 0 Å². The van der Waals surface area contributed by atoms with E-state index in [9.17, 15) is 4.79 Å². The molecule has 4 heteroatoms. The standard InChI is InChI=1S/C25H50O4/c26-22-18-14-10-7-5-3-1-2-4-6-9-13-17-21-25(28)29-24-20-16-12-8-11-15-19-23-27/h26-27H,1-24H2. The van der Waals surface area contributed by atoms with E-state index < -0.39 is 0 Å². The van der Waals surface area contributed by atoms with E-state index in [1.54, 1.807) is 0 Å². The number of rotatable bonds is 24. The Morgan fingerprint density at radius 3 is 1.14 bits per heavy atom. The van der Waals surface area contributed by atoms with Crippen LogP contribution in [0.3, 0.4) is 0 Å². The van der Waals surface area contributed by atoms with Crippen LogP contribution < -0.4 is 0 Å². The Kier molecular flexibility index (Phi) is 24.9. The Morgan fingerprint density at radius 1 is 0.448 bits per heavy atom. The third kappa shape index (κ3) is 25.4. The second-order valence-corrected chi connectivity index (χ2v) is 8.49. The van der Waals surface area contributed by atoms with Crippen molar-refractivity contribution in [2.75, 3.05) is 19.8 Å². The molecule has 0 heterocycles. The van der Waals surface area contributed by atoms with E-state index in [1.807, 2.05) is 0 Å². The summed E-state index contributed by atoms with van der Waals surface area (Å²) in [5.41, 5.74) is 0. The first-order valence-corrected chi connectivity index (χ1v) is 12.7. The lowest BCUT2D eigenvalue weighted by Crippen LogP contribution is -2.05. The summed E-state index contributed by atoms with van der Waals surface area (Å²) in [6, 6.07) is 0. The molecule has 0 unspecified atom stereocenters. The summed E-state index contributed by atoms with van der Waals surface area (Å²) in [5, 5.41) is 17.4. The van der Waals surface area contributed by atoms with Gasteiger partial charge in [0.25, 0.3) is 0 Å². The minimum Gasteiger partial charge on any atom is -0.466 e. The number of aliphatic hydroxyl groups excluding tert-OH is 2. The van der Waals surface area contributed by atoms with E-state index in [0.29, 0.717) is 26.2 Å². The second kappa shape index (κ2) is 25.4. The fourth-order valence-electron chi connectivity index (χ4n) is 3.68. The molecule has 0 fully saturated rings. The largest absolute Gasteiger partial charge is 0.466 e. The Morgan fingerprint density at radius 2 is 0.759 bits per heavy atom. The molecule has 0 rings (SSSR count). The Balaban J connectivity index is 3.13. The van der Waals surface area contributed by atoms with Gasteiger partial charge in [0.1, 0.15) is 0 Å². The van der Waals surface area contributed by atoms with Crippen molar-refractivity contribution < 1.29 is 19.7 Å². The zero-order valence-electron chi connectivity index (χ0n) is 19.2. The minimum absolute atomic E-state index is 0.0214. The highest BCUT2D eigenvalue weighted by Gasteiger charge is 2.02. The average molecular weight is 415 g/mol. The second-order valence-electron chi connectivity index (χ2n) is 8.49. The zero-order chi connectivity index (χ0) is 21.3. The molecule has 0 aliphatic carbocycles. The van der Waals surface area contributed by atoms with Gasteiger partial charge in [0.15, 0.2) is 0 Å². The molecule has 0 radical (unpaired) electrons. The van der Waals surface area contributed by atoms with E-state index in [-0.39, 0.29) is 5.97 Å². The molecule has 0 saturated carbocycles. The van der Waals surface area contributed by atoms with Crippen LogP contribution >= 0.6 is 0 Å². The van der Waals surface area contributed by atoms with Crippen LogP contribution in [0.25, 0.3) is 0 Å². The molecule has 0 amide bonds. The van der Waals surface area contributed by atoms with Crippen molar-refractivity contribution in [3.05, 3.63) is 0 Å². The van der Waals surface area contributed by atoms with Crippen LogP contribution in [0.5, 0.6) is 0 Å². The summed E-state index contributed by atoms with van der Waals surface area (Å²) >= 11 is 0. The fraction of sp³-hybridized carbons (Fsp3) is 0.960. The molecule has 4 nitrogen and oxygen atoms in total. The maximum absolute atomic E-state index is 11.7. The average Bonchev–Trinajstić information content (AvgIpc) is 2.72. The van der Waals surface area contributed by atoms with Gasteiger partial charge in [0.2, 0.25) is 0 Å². The molecule has 0 aromatic heterocycles. The number of hydrogen-bond donors (Lipinski definition) is 2. The maximum atomic E-state index is 11.7. The van der Waals surface area contributed by atoms with Crippen molar-refractivity contribution in [3.63, 3.8) is 0 Å². The number of esters is 1. The quantitative estimate of drug-likeness (QED) is 0.136. The lowest BCUT2D eigenvalue weighted by atomic mass is 10.0. The molecular formula is C25H50O4. The number of unbranched alkanes of at least 4 members (excludes halogenated alkanes) is 18. The molecule has 2 N–H and O–H groups in total. The highest BCUT2D eigenvalue weighted by Crippen LogP contribution is 2.13. The highest BCUT2D eigenvalue weighted by molar-refractivity contribution is 5.69. The monoisotopic (exact) mass is 414 g/mol. The molecule has 0 bridgehead atoms. The maximum Gasteiger partial charge on any atom is 0.305 e. The fourth-order valence-corrected chi connectivity index (χ4v) is 3.68. The zero-order valence-corrected chi connectivity index (χ0v) is 19.2. The first kappa shape index (κ1) is 28.4. The molecule has 29 heavy (non-hydrogen) atoms. The number of aliphatic hydroxyl groups is 2. The number of ether oxygens (including phenoxy) is 1. The first-order chi connectivity index (χ1) is 14.3. The van der Waals surface area contributed by atoms with Gasteiger partial charge in [-0.15, -0.1) is 0 Å². The SMILES string of the molecule is O=C(CCCCCCCCCCCCCCCO)OCCCCCCCCCO. The van der Waals surface area contributed by atoms with E-state index in [4.69, 9.17) is 14.9 Å². The summed E-state index contributed by atoms with van der Waals surface area (Å²) in [6.45, 7) is 1.23. The van der Waals surface area contributed by atoms with Crippen LogP contribution in [0.1, 0.15) is 135 Å². The van der Waals surface area contributed by atoms with E-state index in [2.05, 4.69) is 0 Å². The van der Waals surface area contributed by atoms with Gasteiger partial charge in [-0.25, -0.2) is 0 Å². The first-order valence-electron chi connectivity index (χ1n) is 12.7. The van der Waals surface area contributed by atoms with Gasteiger partial charge in [-0.2, -0.15) is 0 Å². The van der Waals surface area contributed by atoms with Gasteiger partial charge < -0.3 is 14.9 Å². The summed E-state index contributed by atoms with van der Waals surface area (Å²) in [5.74, 6) is -0.0214. The number of carbonyl (C=O) groups is 1. The highest BCUT2D eigenvalue weighted by atomic mass is 16.5. The van der Waals surface area contributed by atoms with Crippen LogP contribution in [-0.2, 0) is 9.53 Å². The molecule has 0 aromatic carbocycles. The molecule has 174 valence electrons. The predicted octanol–water partition coefficient (Wildman–Crippen LogP) is 6.71. The van der Waals surface area contributed by atoms with Crippen molar-refractivity contribution in [3.8, 4) is 0 Å². The molecule has 0 aliphatic rings. The van der Waals surface area contributed by atoms with Crippen LogP contribution in [0, 0.1) is 0 Å². The number of carbonyl (C=O) groups excluding carboxylic acids is 1. The van der Waals surface area contributed by atoms with E-state index in [1.165, 1.54) is 83.5 Å². The Bertz CT molecular complexity index is 320. The summed E-state index contributed by atoms with van der Waals surface area (Å²) < 4.78 is 5.32. The van der Waals surface area contributed by atoms with Crippen molar-refractivity contribution in [2.45, 2.75) is 135 Å². The summed E-state index contributed by atoms with van der Waals surface area (Å²) in [7, 11) is 0. The van der Waals surface area contributed by atoms with Gasteiger partial charge in [0.05, 0.1) is 6.61 Å². The Hall–Kier alpha value is -0.610. The van der Waals surface area contributed by atoms with Crippen LogP contribution in [0.15, 0.2) is 0 Å². The third-order valence-corrected chi connectivity index (χ3v) is 5.60. The summed E-state index contributed by atoms with van der Waals surface area (Å²) in [4.78, 5) is 11.7. The molecule has 0 spiro atoms. The third-order valence-electron chi connectivity index (χ3n) is 5.60. The van der Waals surface area contributed by atoms with Gasteiger partial charge in [-0.1, -0.05) is 103 Å².